The predicted molar refractivity (Wildman–Crippen MR) is 0 cm³/mol. The van der Waals surface area contributed by atoms with Gasteiger partial charge in [0.2, 0.25) is 0 Å². The molecular weight excluding hydrogens is 348 g/mol. The molecule has 0 bridgehead atoms. The Morgan fingerprint density at radius 3 is 1.00 bits per heavy atom. The predicted octanol–water partition coefficient (Wildman–Crippen LogP) is -0.0100. The van der Waals surface area contributed by atoms with Gasteiger partial charge in [-0.25, -0.2) is 0 Å². The van der Waals surface area contributed by atoms with E-state index in [0.29, 0.717) is 0 Å². The van der Waals surface area contributed by atoms with Crippen molar-refractivity contribution < 1.29 is 80.8 Å². The first-order valence-electron chi connectivity index (χ1n) is 0. The van der Waals surface area contributed by atoms with E-state index in [1.807, 2.05) is 0 Å². The summed E-state index contributed by atoms with van der Waals surface area (Å²) in [7, 11) is 0. The fourth-order valence-corrected chi connectivity index (χ4v) is 0. The largest absolute Gasteiger partial charge is 0 e. The van der Waals surface area contributed by atoms with Crippen LogP contribution in [-0.2, 0) is 80.8 Å². The summed E-state index contributed by atoms with van der Waals surface area (Å²) in [4.78, 5) is 0. The Hall–Kier alpha value is 2.61. The molecule has 0 aromatic carbocycles. The number of hydrogen-bond acceptors (Lipinski definition) is 0. The van der Waals surface area contributed by atoms with Gasteiger partial charge in [-0.2, -0.15) is 0 Å². The van der Waals surface area contributed by atoms with E-state index in [2.05, 4.69) is 0 Å². The molecule has 0 rings (SSSR count). The minimum Gasteiger partial charge on any atom is 0 e. The molecule has 0 nitrogen and oxygen atoms in total. The van der Waals surface area contributed by atoms with Crippen molar-refractivity contribution in [3.63, 3.8) is 0 Å². The molecule has 0 aliphatic rings. The summed E-state index contributed by atoms with van der Waals surface area (Å²) in [5, 5.41) is 0. The van der Waals surface area contributed by atoms with Gasteiger partial charge >= 0.3 is 0 Å². The molecule has 0 saturated carbocycles. The van der Waals surface area contributed by atoms with Gasteiger partial charge in [0, 0.05) is 80.8 Å². The summed E-state index contributed by atoms with van der Waals surface area (Å²) in [6.45, 7) is 0. The first-order chi connectivity index (χ1) is 0. The van der Waals surface area contributed by atoms with Crippen LogP contribution in [0.5, 0.6) is 0 Å². The van der Waals surface area contributed by atoms with Crippen molar-refractivity contribution in [1.29, 1.82) is 0 Å². The number of rotatable bonds is 0. The molecular formula is TiVWZn. The topological polar surface area (TPSA) is 0 Å². The molecule has 4 heteroatoms. The molecule has 0 unspecified atom stereocenters. The molecule has 0 saturated heterocycles. The molecule has 0 aromatic rings. The van der Waals surface area contributed by atoms with Crippen molar-refractivity contribution in [3.8, 4) is 0 Å². The third kappa shape index (κ3) is 8.82. The van der Waals surface area contributed by atoms with Gasteiger partial charge in [-0.1, -0.05) is 0 Å². The second kappa shape index (κ2) is 17.5. The van der Waals surface area contributed by atoms with Crippen LogP contribution in [0.4, 0.5) is 0 Å². The zero-order valence-electron chi connectivity index (χ0n) is 2.06. The van der Waals surface area contributed by atoms with Crippen LogP contribution >= 0.6 is 0 Å². The van der Waals surface area contributed by atoms with E-state index in [1.54, 1.807) is 0 Å². The van der Waals surface area contributed by atoms with Gasteiger partial charge in [-0.15, -0.1) is 0 Å². The van der Waals surface area contributed by atoms with Gasteiger partial charge in [0.1, 0.15) is 0 Å². The Morgan fingerprint density at radius 2 is 1.00 bits per heavy atom. The van der Waals surface area contributed by atoms with E-state index in [9.17, 15) is 0 Å². The SMILES string of the molecule is [Ti].[V].[W].[Zn]. The van der Waals surface area contributed by atoms with Crippen LogP contribution < -0.4 is 0 Å². The Kier molecular flexibility index (Phi) is 134. The number of hydrogen-bond donors (Lipinski definition) is 0. The maximum atomic E-state index is 0. The second-order valence-electron chi connectivity index (χ2n) is 0. The molecule has 1 radical (unpaired) electrons. The molecule has 0 spiro atoms. The van der Waals surface area contributed by atoms with E-state index in [1.165, 1.54) is 0 Å². The minimum atomic E-state index is 0. The average molecular weight is 348 g/mol. The van der Waals surface area contributed by atoms with Crippen molar-refractivity contribution in [2.75, 3.05) is 0 Å². The maximum Gasteiger partial charge on any atom is 0 e. The molecule has 0 fully saturated rings. The first-order valence-corrected chi connectivity index (χ1v) is 0. The van der Waals surface area contributed by atoms with E-state index in [0.717, 1.165) is 0 Å². The first kappa shape index (κ1) is 30.5. The van der Waals surface area contributed by atoms with E-state index >= 15 is 0 Å². The van der Waals surface area contributed by atoms with Crippen LogP contribution in [0.15, 0.2) is 0 Å². The Balaban J connectivity index is 0. The summed E-state index contributed by atoms with van der Waals surface area (Å²) in [6, 6.07) is 0. The zero-order chi connectivity index (χ0) is 0. The smallest absolute Gasteiger partial charge is 0 e. The van der Waals surface area contributed by atoms with Gasteiger partial charge < -0.3 is 0 Å². The van der Waals surface area contributed by atoms with Crippen molar-refractivity contribution >= 4 is 0 Å². The summed E-state index contributed by atoms with van der Waals surface area (Å²) in [5.74, 6) is 0. The van der Waals surface area contributed by atoms with Crippen LogP contribution in [-0.4, -0.2) is 0 Å². The van der Waals surface area contributed by atoms with Crippen molar-refractivity contribution in [2.45, 2.75) is 0 Å². The molecule has 0 N–H and O–H groups in total. The Bertz CT molecular complexity index is 8.00. The van der Waals surface area contributed by atoms with Gasteiger partial charge in [-0.3, -0.25) is 0 Å². The van der Waals surface area contributed by atoms with Crippen LogP contribution in [0.1, 0.15) is 0 Å². The van der Waals surface area contributed by atoms with Crippen molar-refractivity contribution in [2.24, 2.45) is 0 Å². The maximum absolute atomic E-state index is 0. The summed E-state index contributed by atoms with van der Waals surface area (Å²) < 4.78 is 0. The van der Waals surface area contributed by atoms with Crippen LogP contribution in [0.25, 0.3) is 0 Å². The molecule has 0 aliphatic carbocycles. The second-order valence-corrected chi connectivity index (χ2v) is 0. The minimum absolute atomic E-state index is 0. The molecule has 0 heterocycles. The van der Waals surface area contributed by atoms with E-state index < -0.39 is 0 Å². The van der Waals surface area contributed by atoms with Crippen LogP contribution in [0.3, 0.4) is 0 Å². The van der Waals surface area contributed by atoms with E-state index in [4.69, 9.17) is 0 Å². The molecule has 0 amide bonds. The van der Waals surface area contributed by atoms with Gasteiger partial charge in [-0.05, 0) is 0 Å². The summed E-state index contributed by atoms with van der Waals surface area (Å²) in [6.07, 6.45) is 0. The van der Waals surface area contributed by atoms with Gasteiger partial charge in [0.15, 0.2) is 0 Å². The normalized spacial score (nSPS) is 0. The Labute approximate surface area is 79.7 Å². The van der Waals surface area contributed by atoms with Gasteiger partial charge in [0.05, 0.1) is 0 Å². The van der Waals surface area contributed by atoms with Crippen molar-refractivity contribution in [1.82, 2.24) is 0 Å². The standard InChI is InChI=1S/Ti.V.W.Zn. The van der Waals surface area contributed by atoms with Gasteiger partial charge in [0.25, 0.3) is 0 Å². The molecule has 0 atom stereocenters. The fourth-order valence-electron chi connectivity index (χ4n) is 0. The van der Waals surface area contributed by atoms with E-state index in [-0.39, 0.29) is 80.8 Å². The molecule has 4 heavy (non-hydrogen) atoms. The molecule has 0 aromatic heterocycles. The van der Waals surface area contributed by atoms with Crippen molar-refractivity contribution in [3.05, 3.63) is 0 Å². The quantitative estimate of drug-likeness (QED) is 0.541. The molecule has 17 valence electrons. The zero-order valence-corrected chi connectivity index (χ0v) is 10.9. The summed E-state index contributed by atoms with van der Waals surface area (Å²) >= 11 is 0. The Morgan fingerprint density at radius 1 is 1.00 bits per heavy atom. The van der Waals surface area contributed by atoms with Crippen LogP contribution in [0.2, 0.25) is 0 Å². The van der Waals surface area contributed by atoms with Crippen LogP contribution in [0, 0.1) is 0 Å². The monoisotopic (exact) mass is 347 g/mol. The third-order valence-electron chi connectivity index (χ3n) is 0. The fraction of sp³-hybridized carbons (Fsp3) is 0. The summed E-state index contributed by atoms with van der Waals surface area (Å²) in [5.41, 5.74) is 0. The third-order valence-corrected chi connectivity index (χ3v) is 0. The average Bonchev–Trinajstić information content (AvgIpc) is 0. The molecule has 0 aliphatic heterocycles.